The summed E-state index contributed by atoms with van der Waals surface area (Å²) in [5.41, 5.74) is 0.593. The highest BCUT2D eigenvalue weighted by Crippen LogP contribution is 2.13. The molecule has 0 unspecified atom stereocenters. The Morgan fingerprint density at radius 2 is 2.12 bits per heavy atom. The molecule has 0 radical (unpaired) electrons. The molecular weight excluding hydrogens is 206 g/mol. The number of benzene rings is 1. The van der Waals surface area contributed by atoms with Gasteiger partial charge in [0.15, 0.2) is 0 Å². The second kappa shape index (κ2) is 5.56. The standard InChI is InChI=1S/C12H11NO3/c1-2-16-12(15)10(8-13)7-9-3-5-11(14)6-4-9/h3-7,14H,2H2,1H3/b10-7-. The molecule has 0 aliphatic heterocycles. The first-order valence-electron chi connectivity index (χ1n) is 4.75. The van der Waals surface area contributed by atoms with Crippen LogP contribution in [0.3, 0.4) is 0 Å². The SMILES string of the molecule is CCOC(=O)/C(C#N)=C\c1ccc(O)cc1. The Hall–Kier alpha value is -2.28. The van der Waals surface area contributed by atoms with Crippen LogP contribution < -0.4 is 0 Å². The molecule has 1 aromatic rings. The number of nitriles is 1. The molecule has 4 nitrogen and oxygen atoms in total. The molecule has 1 N–H and O–H groups in total. The Morgan fingerprint density at radius 1 is 1.50 bits per heavy atom. The fourth-order valence-electron chi connectivity index (χ4n) is 1.08. The number of ether oxygens (including phenoxy) is 1. The van der Waals surface area contributed by atoms with E-state index in [1.165, 1.54) is 18.2 Å². The molecule has 0 saturated carbocycles. The van der Waals surface area contributed by atoms with Crippen LogP contribution in [0.4, 0.5) is 0 Å². The Bertz CT molecular complexity index is 440. The summed E-state index contributed by atoms with van der Waals surface area (Å²) in [6.07, 6.45) is 1.41. The molecule has 4 heteroatoms. The average Bonchev–Trinajstić information content (AvgIpc) is 2.28. The Labute approximate surface area is 93.4 Å². The molecule has 1 rings (SSSR count). The second-order valence-corrected chi connectivity index (χ2v) is 2.98. The highest BCUT2D eigenvalue weighted by molar-refractivity contribution is 5.97. The molecule has 16 heavy (non-hydrogen) atoms. The summed E-state index contributed by atoms with van der Waals surface area (Å²) in [4.78, 5) is 11.3. The van der Waals surface area contributed by atoms with Crippen molar-refractivity contribution in [2.75, 3.05) is 6.61 Å². The quantitative estimate of drug-likeness (QED) is 0.476. The van der Waals surface area contributed by atoms with Crippen molar-refractivity contribution in [1.82, 2.24) is 0 Å². The number of rotatable bonds is 3. The first kappa shape index (κ1) is 11.8. The third kappa shape index (κ3) is 3.14. The lowest BCUT2D eigenvalue weighted by Gasteiger charge is -1.99. The molecule has 0 saturated heterocycles. The van der Waals surface area contributed by atoms with Gasteiger partial charge in [-0.2, -0.15) is 5.26 Å². The molecule has 0 spiro atoms. The van der Waals surface area contributed by atoms with Gasteiger partial charge in [-0.15, -0.1) is 0 Å². The highest BCUT2D eigenvalue weighted by Gasteiger charge is 2.09. The number of aromatic hydroxyl groups is 1. The molecule has 0 amide bonds. The molecular formula is C12H11NO3. The van der Waals surface area contributed by atoms with Crippen LogP contribution in [0.25, 0.3) is 6.08 Å². The van der Waals surface area contributed by atoms with Gasteiger partial charge < -0.3 is 9.84 Å². The van der Waals surface area contributed by atoms with E-state index < -0.39 is 5.97 Å². The van der Waals surface area contributed by atoms with Gasteiger partial charge in [0.2, 0.25) is 0 Å². The van der Waals surface area contributed by atoms with Crippen LogP contribution in [0.1, 0.15) is 12.5 Å². The maximum absolute atomic E-state index is 11.3. The third-order valence-corrected chi connectivity index (χ3v) is 1.82. The Morgan fingerprint density at radius 3 is 2.62 bits per heavy atom. The lowest BCUT2D eigenvalue weighted by molar-refractivity contribution is -0.137. The van der Waals surface area contributed by atoms with Crippen LogP contribution in [-0.2, 0) is 9.53 Å². The molecule has 0 heterocycles. The minimum absolute atomic E-state index is 0.0625. The van der Waals surface area contributed by atoms with Crippen LogP contribution in [0, 0.1) is 11.3 Å². The molecule has 0 bridgehead atoms. The molecule has 0 aliphatic rings. The summed E-state index contributed by atoms with van der Waals surface area (Å²) in [6.45, 7) is 1.90. The largest absolute Gasteiger partial charge is 0.508 e. The van der Waals surface area contributed by atoms with E-state index in [9.17, 15) is 4.79 Å². The molecule has 0 fully saturated rings. The predicted octanol–water partition coefficient (Wildman–Crippen LogP) is 1.86. The summed E-state index contributed by atoms with van der Waals surface area (Å²) in [5.74, 6) is -0.509. The number of phenols is 1. The zero-order chi connectivity index (χ0) is 12.0. The van der Waals surface area contributed by atoms with Crippen molar-refractivity contribution in [2.24, 2.45) is 0 Å². The van der Waals surface area contributed by atoms with Gasteiger partial charge >= 0.3 is 5.97 Å². The van der Waals surface area contributed by atoms with Crippen molar-refractivity contribution < 1.29 is 14.6 Å². The van der Waals surface area contributed by atoms with Crippen LogP contribution in [0.5, 0.6) is 5.75 Å². The first-order chi connectivity index (χ1) is 7.67. The lowest BCUT2D eigenvalue weighted by atomic mass is 10.1. The summed E-state index contributed by atoms with van der Waals surface area (Å²) >= 11 is 0. The predicted molar refractivity (Wildman–Crippen MR) is 58.3 cm³/mol. The monoisotopic (exact) mass is 217 g/mol. The molecule has 0 aromatic heterocycles. The van der Waals surface area contributed by atoms with Crippen molar-refractivity contribution in [1.29, 1.82) is 5.26 Å². The van der Waals surface area contributed by atoms with Crippen molar-refractivity contribution in [2.45, 2.75) is 6.92 Å². The zero-order valence-corrected chi connectivity index (χ0v) is 8.80. The number of phenolic OH excluding ortho intramolecular Hbond substituents is 1. The van der Waals surface area contributed by atoms with Crippen LogP contribution in [-0.4, -0.2) is 17.7 Å². The van der Waals surface area contributed by atoms with Crippen molar-refractivity contribution in [3.05, 3.63) is 35.4 Å². The maximum Gasteiger partial charge on any atom is 0.348 e. The topological polar surface area (TPSA) is 70.3 Å². The Kier molecular flexibility index (Phi) is 4.10. The Balaban J connectivity index is 2.92. The van der Waals surface area contributed by atoms with E-state index in [0.717, 1.165) is 0 Å². The van der Waals surface area contributed by atoms with E-state index >= 15 is 0 Å². The summed E-state index contributed by atoms with van der Waals surface area (Å²) in [5, 5.41) is 17.8. The van der Waals surface area contributed by atoms with Gasteiger partial charge in [-0.3, -0.25) is 0 Å². The van der Waals surface area contributed by atoms with E-state index in [1.807, 2.05) is 0 Å². The molecule has 0 aliphatic carbocycles. The van der Waals surface area contributed by atoms with Gasteiger partial charge in [0, 0.05) is 0 Å². The van der Waals surface area contributed by atoms with Gasteiger partial charge in [0.25, 0.3) is 0 Å². The maximum atomic E-state index is 11.3. The number of hydrogen-bond donors (Lipinski definition) is 1. The number of carbonyl (C=O) groups is 1. The minimum Gasteiger partial charge on any atom is -0.508 e. The van der Waals surface area contributed by atoms with Crippen LogP contribution in [0.15, 0.2) is 29.8 Å². The molecule has 82 valence electrons. The van der Waals surface area contributed by atoms with Gasteiger partial charge in [0.1, 0.15) is 17.4 Å². The third-order valence-electron chi connectivity index (χ3n) is 1.82. The van der Waals surface area contributed by atoms with Gasteiger partial charge in [-0.25, -0.2) is 4.79 Å². The van der Waals surface area contributed by atoms with Gasteiger partial charge in [0.05, 0.1) is 6.61 Å². The second-order valence-electron chi connectivity index (χ2n) is 2.98. The van der Waals surface area contributed by atoms with Crippen LogP contribution >= 0.6 is 0 Å². The van der Waals surface area contributed by atoms with Crippen molar-refractivity contribution in [3.63, 3.8) is 0 Å². The minimum atomic E-state index is -0.641. The number of nitrogens with zero attached hydrogens (tertiary/aromatic N) is 1. The number of esters is 1. The van der Waals surface area contributed by atoms with Crippen molar-refractivity contribution in [3.8, 4) is 11.8 Å². The fraction of sp³-hybridized carbons (Fsp3) is 0.167. The van der Waals surface area contributed by atoms with Crippen LogP contribution in [0.2, 0.25) is 0 Å². The van der Waals surface area contributed by atoms with E-state index in [1.54, 1.807) is 25.1 Å². The fourth-order valence-corrected chi connectivity index (χ4v) is 1.08. The van der Waals surface area contributed by atoms with E-state index in [-0.39, 0.29) is 17.9 Å². The van der Waals surface area contributed by atoms with E-state index in [4.69, 9.17) is 15.1 Å². The van der Waals surface area contributed by atoms with Crippen molar-refractivity contribution >= 4 is 12.0 Å². The van der Waals surface area contributed by atoms with E-state index in [0.29, 0.717) is 5.56 Å². The highest BCUT2D eigenvalue weighted by atomic mass is 16.5. The van der Waals surface area contributed by atoms with Gasteiger partial charge in [-0.1, -0.05) is 12.1 Å². The summed E-state index contributed by atoms with van der Waals surface area (Å²) in [7, 11) is 0. The number of carbonyl (C=O) groups excluding carboxylic acids is 1. The number of hydrogen-bond acceptors (Lipinski definition) is 4. The zero-order valence-electron chi connectivity index (χ0n) is 8.80. The summed E-state index contributed by atoms with van der Waals surface area (Å²) in [6, 6.07) is 7.94. The normalized spacial score (nSPS) is 10.6. The molecule has 1 aromatic carbocycles. The van der Waals surface area contributed by atoms with Gasteiger partial charge in [-0.05, 0) is 30.7 Å². The smallest absolute Gasteiger partial charge is 0.348 e. The lowest BCUT2D eigenvalue weighted by Crippen LogP contribution is -2.05. The average molecular weight is 217 g/mol. The summed E-state index contributed by atoms with van der Waals surface area (Å²) < 4.78 is 4.71. The van der Waals surface area contributed by atoms with E-state index in [2.05, 4.69) is 0 Å². The molecule has 0 atom stereocenters. The first-order valence-corrected chi connectivity index (χ1v) is 4.75.